The largest absolute Gasteiger partial charge is 0.334 e. The summed E-state index contributed by atoms with van der Waals surface area (Å²) in [7, 11) is 0. The van der Waals surface area contributed by atoms with E-state index in [0.29, 0.717) is 10.2 Å². The summed E-state index contributed by atoms with van der Waals surface area (Å²) in [6.45, 7) is 3.89. The summed E-state index contributed by atoms with van der Waals surface area (Å²) in [4.78, 5) is 24.9. The van der Waals surface area contributed by atoms with Gasteiger partial charge in [0.15, 0.2) is 0 Å². The highest BCUT2D eigenvalue weighted by Crippen LogP contribution is 2.30. The Morgan fingerprint density at radius 3 is 2.12 bits per heavy atom. The van der Waals surface area contributed by atoms with E-state index in [2.05, 4.69) is 38.8 Å². The highest BCUT2D eigenvalue weighted by molar-refractivity contribution is 9.10. The van der Waals surface area contributed by atoms with Gasteiger partial charge in [-0.2, -0.15) is 8.78 Å². The second-order valence-electron chi connectivity index (χ2n) is 7.21. The highest BCUT2D eigenvalue weighted by atomic mass is 79.9. The van der Waals surface area contributed by atoms with Crippen molar-refractivity contribution in [2.45, 2.75) is 19.8 Å². The van der Waals surface area contributed by atoms with Gasteiger partial charge >= 0.3 is 5.37 Å². The summed E-state index contributed by atoms with van der Waals surface area (Å²) >= 11 is 6.50. The first kappa shape index (κ1) is 27.1. The summed E-state index contributed by atoms with van der Waals surface area (Å²) in [5.74, 6) is -2.24. The van der Waals surface area contributed by atoms with E-state index in [1.165, 1.54) is 36.4 Å². The van der Waals surface area contributed by atoms with Gasteiger partial charge in [-0.3, -0.25) is 9.59 Å². The number of anilines is 2. The second kappa shape index (κ2) is 12.4. The topological polar surface area (TPSA) is 58.2 Å². The van der Waals surface area contributed by atoms with Crippen LogP contribution in [-0.2, 0) is 0 Å². The Kier molecular flexibility index (Phi) is 9.88. The van der Waals surface area contributed by atoms with Crippen molar-refractivity contribution in [3.05, 3.63) is 93.5 Å². The number of carbonyl (C=O) groups excluding carboxylic acids is 2. The maximum absolute atomic E-state index is 14.5. The van der Waals surface area contributed by atoms with Gasteiger partial charge in [0.25, 0.3) is 11.8 Å². The van der Waals surface area contributed by atoms with Gasteiger partial charge in [0, 0.05) is 15.7 Å². The van der Waals surface area contributed by atoms with Crippen LogP contribution in [0.4, 0.5) is 28.9 Å². The molecule has 0 spiro atoms. The minimum Gasteiger partial charge on any atom is -0.322 e. The van der Waals surface area contributed by atoms with Crippen LogP contribution in [0, 0.1) is 11.6 Å². The fraction of sp³-hybridized carbons (Fsp3) is 0.125. The molecule has 0 bridgehead atoms. The standard InChI is InChI=1S/C23H19BrF2N2O2.CF2S/c1-13(2)15-11-18(24)21(20(26)12-15)28-22(29)14-6-5-7-16(10-14)27-23(30)17-8-3-4-9-19(17)25;2-1(3)4/h3-13H,1-2H3,(H,27,30)(H,28,29);. The lowest BCUT2D eigenvalue weighted by Gasteiger charge is -2.13. The van der Waals surface area contributed by atoms with Crippen LogP contribution in [0.15, 0.2) is 65.1 Å². The molecular formula is C24H19BrF4N2O2S. The molecular weight excluding hydrogens is 536 g/mol. The van der Waals surface area contributed by atoms with E-state index in [1.54, 1.807) is 24.3 Å². The zero-order valence-electron chi connectivity index (χ0n) is 18.0. The molecule has 0 radical (unpaired) electrons. The molecule has 34 heavy (non-hydrogen) atoms. The molecule has 0 aromatic heterocycles. The molecule has 0 saturated heterocycles. The Morgan fingerprint density at radius 2 is 1.53 bits per heavy atom. The Morgan fingerprint density at radius 1 is 0.882 bits per heavy atom. The predicted octanol–water partition coefficient (Wildman–Crippen LogP) is 7.57. The van der Waals surface area contributed by atoms with E-state index in [4.69, 9.17) is 0 Å². The number of carbonyl (C=O) groups is 2. The molecule has 0 aliphatic carbocycles. The minimum atomic E-state index is -2.00. The lowest BCUT2D eigenvalue weighted by molar-refractivity contribution is 0.101. The molecule has 10 heteroatoms. The third-order valence-electron chi connectivity index (χ3n) is 4.47. The molecule has 0 aliphatic heterocycles. The van der Waals surface area contributed by atoms with E-state index < -0.39 is 28.8 Å². The Labute approximate surface area is 207 Å². The van der Waals surface area contributed by atoms with Crippen LogP contribution in [0.5, 0.6) is 0 Å². The van der Waals surface area contributed by atoms with Crippen LogP contribution in [0.3, 0.4) is 0 Å². The van der Waals surface area contributed by atoms with Crippen LogP contribution in [0.1, 0.15) is 46.0 Å². The lowest BCUT2D eigenvalue weighted by Crippen LogP contribution is -2.16. The molecule has 0 aliphatic rings. The number of thiocarbonyl (C=S) groups is 1. The van der Waals surface area contributed by atoms with Crippen LogP contribution >= 0.6 is 28.1 Å². The van der Waals surface area contributed by atoms with Crippen LogP contribution in [-0.4, -0.2) is 17.2 Å². The van der Waals surface area contributed by atoms with Gasteiger partial charge in [0.2, 0.25) is 0 Å². The Balaban J connectivity index is 0.000000945. The van der Waals surface area contributed by atoms with Crippen molar-refractivity contribution in [3.63, 3.8) is 0 Å². The summed E-state index contributed by atoms with van der Waals surface area (Å²) in [6, 6.07) is 14.8. The maximum Gasteiger partial charge on any atom is 0.334 e. The van der Waals surface area contributed by atoms with E-state index in [-0.39, 0.29) is 22.7 Å². The first-order valence-electron chi connectivity index (χ1n) is 9.80. The number of halogens is 5. The van der Waals surface area contributed by atoms with Crippen molar-refractivity contribution < 1.29 is 27.2 Å². The zero-order chi connectivity index (χ0) is 25.4. The maximum atomic E-state index is 14.5. The van der Waals surface area contributed by atoms with Crippen molar-refractivity contribution in [1.82, 2.24) is 0 Å². The molecule has 2 N–H and O–H groups in total. The van der Waals surface area contributed by atoms with Crippen molar-refractivity contribution in [2.24, 2.45) is 0 Å². The SMILES string of the molecule is CC(C)c1cc(F)c(NC(=O)c2cccc(NC(=O)c3ccccc3F)c2)c(Br)c1.FC(F)=S. The highest BCUT2D eigenvalue weighted by Gasteiger charge is 2.16. The van der Waals surface area contributed by atoms with Gasteiger partial charge < -0.3 is 10.6 Å². The third-order valence-corrected chi connectivity index (χ3v) is 5.10. The number of rotatable bonds is 5. The van der Waals surface area contributed by atoms with E-state index in [9.17, 15) is 27.2 Å². The molecule has 3 rings (SSSR count). The average molecular weight is 555 g/mol. The smallest absolute Gasteiger partial charge is 0.322 e. The quantitative estimate of drug-likeness (QED) is 0.194. The molecule has 0 atom stereocenters. The molecule has 3 aromatic carbocycles. The van der Waals surface area contributed by atoms with Gasteiger partial charge in [0.1, 0.15) is 11.6 Å². The summed E-state index contributed by atoms with van der Waals surface area (Å²) < 4.78 is 48.8. The fourth-order valence-corrected chi connectivity index (χ4v) is 3.37. The molecule has 0 heterocycles. The normalized spacial score (nSPS) is 10.2. The van der Waals surface area contributed by atoms with Crippen molar-refractivity contribution in [3.8, 4) is 0 Å². The van der Waals surface area contributed by atoms with Gasteiger partial charge in [0.05, 0.1) is 11.3 Å². The molecule has 3 aromatic rings. The van der Waals surface area contributed by atoms with Crippen molar-refractivity contribution in [1.29, 1.82) is 0 Å². The summed E-state index contributed by atoms with van der Waals surface area (Å²) in [6.07, 6.45) is 0. The van der Waals surface area contributed by atoms with Crippen LogP contribution in [0.2, 0.25) is 0 Å². The first-order chi connectivity index (χ1) is 16.0. The van der Waals surface area contributed by atoms with E-state index >= 15 is 0 Å². The van der Waals surface area contributed by atoms with Gasteiger partial charge in [-0.05, 0) is 82.1 Å². The molecule has 4 nitrogen and oxygen atoms in total. The zero-order valence-corrected chi connectivity index (χ0v) is 20.4. The van der Waals surface area contributed by atoms with Gasteiger partial charge in [-0.15, -0.1) is 0 Å². The van der Waals surface area contributed by atoms with Crippen LogP contribution < -0.4 is 10.6 Å². The van der Waals surface area contributed by atoms with Crippen molar-refractivity contribution >= 4 is 56.7 Å². The minimum absolute atomic E-state index is 0.0326. The van der Waals surface area contributed by atoms with Crippen molar-refractivity contribution in [2.75, 3.05) is 10.6 Å². The fourth-order valence-electron chi connectivity index (χ4n) is 2.81. The van der Waals surface area contributed by atoms with Crippen LogP contribution in [0.25, 0.3) is 0 Å². The number of amides is 2. The number of hydrogen-bond donors (Lipinski definition) is 2. The monoisotopic (exact) mass is 554 g/mol. The van der Waals surface area contributed by atoms with Gasteiger partial charge in [-0.25, -0.2) is 8.78 Å². The second-order valence-corrected chi connectivity index (χ2v) is 8.37. The number of benzene rings is 3. The molecule has 0 unspecified atom stereocenters. The summed E-state index contributed by atoms with van der Waals surface area (Å²) in [5, 5.41) is 3.11. The molecule has 2 amide bonds. The predicted molar refractivity (Wildman–Crippen MR) is 132 cm³/mol. The molecule has 0 saturated carbocycles. The van der Waals surface area contributed by atoms with Gasteiger partial charge in [-0.1, -0.05) is 32.0 Å². The number of hydrogen-bond acceptors (Lipinski definition) is 3. The third kappa shape index (κ3) is 7.74. The van der Waals surface area contributed by atoms with E-state index in [0.717, 1.165) is 5.56 Å². The van der Waals surface area contributed by atoms with E-state index in [1.807, 2.05) is 13.8 Å². The first-order valence-corrected chi connectivity index (χ1v) is 11.0. The Hall–Kier alpha value is -3.11. The summed E-state index contributed by atoms with van der Waals surface area (Å²) in [5.41, 5.74) is 1.25. The Bertz CT molecular complexity index is 1190. The average Bonchev–Trinajstić information content (AvgIpc) is 2.76. The number of nitrogens with one attached hydrogen (secondary N) is 2. The molecule has 0 fully saturated rings. The lowest BCUT2D eigenvalue weighted by atomic mass is 10.0. The molecule has 178 valence electrons.